The van der Waals surface area contributed by atoms with Gasteiger partial charge in [0, 0.05) is 19.7 Å². The molecule has 0 aromatic heterocycles. The Morgan fingerprint density at radius 1 is 1.38 bits per heavy atom. The van der Waals surface area contributed by atoms with Crippen molar-refractivity contribution >= 4 is 0 Å². The van der Waals surface area contributed by atoms with Gasteiger partial charge in [-0.25, -0.2) is 0 Å². The summed E-state index contributed by atoms with van der Waals surface area (Å²) >= 11 is 0. The number of methoxy groups -OCH3 is 1. The third kappa shape index (κ3) is 2.82. The average molecular weight is 221 g/mol. The van der Waals surface area contributed by atoms with Gasteiger partial charge in [-0.1, -0.05) is 30.3 Å². The van der Waals surface area contributed by atoms with Gasteiger partial charge in [0.25, 0.3) is 0 Å². The van der Waals surface area contributed by atoms with E-state index in [0.717, 1.165) is 18.4 Å². The molecule has 2 rings (SSSR count). The van der Waals surface area contributed by atoms with Crippen molar-refractivity contribution in [3.63, 3.8) is 0 Å². The largest absolute Gasteiger partial charge is 0.387 e. The molecule has 1 atom stereocenters. The van der Waals surface area contributed by atoms with Crippen molar-refractivity contribution in [3.8, 4) is 0 Å². The van der Waals surface area contributed by atoms with Gasteiger partial charge >= 0.3 is 0 Å². The van der Waals surface area contributed by atoms with Gasteiger partial charge in [-0.05, 0) is 18.4 Å². The highest BCUT2D eigenvalue weighted by Crippen LogP contribution is 2.23. The van der Waals surface area contributed by atoms with Crippen molar-refractivity contribution in [1.82, 2.24) is 5.32 Å². The fraction of sp³-hybridized carbons (Fsp3) is 0.538. The third-order valence-electron chi connectivity index (χ3n) is 3.21. The molecule has 0 saturated heterocycles. The molecule has 16 heavy (non-hydrogen) atoms. The summed E-state index contributed by atoms with van der Waals surface area (Å²) in [5.74, 6) is 0. The first-order chi connectivity index (χ1) is 7.79. The van der Waals surface area contributed by atoms with Crippen LogP contribution in [0.25, 0.3) is 0 Å². The Morgan fingerprint density at radius 2 is 2.06 bits per heavy atom. The normalized spacial score (nSPS) is 26.1. The Bertz CT molecular complexity index is 309. The van der Waals surface area contributed by atoms with E-state index in [9.17, 15) is 5.11 Å². The Hall–Kier alpha value is -0.900. The van der Waals surface area contributed by atoms with Crippen LogP contribution in [0.1, 0.15) is 24.5 Å². The van der Waals surface area contributed by atoms with Crippen LogP contribution in [0.15, 0.2) is 30.3 Å². The molecule has 3 heteroatoms. The second kappa shape index (κ2) is 5.43. The SMILES string of the molecule is COC1CC(NCC(O)c2ccccc2)C1. The zero-order valence-electron chi connectivity index (χ0n) is 9.60. The Kier molecular flexibility index (Phi) is 3.93. The van der Waals surface area contributed by atoms with Crippen molar-refractivity contribution in [1.29, 1.82) is 0 Å². The third-order valence-corrected chi connectivity index (χ3v) is 3.21. The first kappa shape index (κ1) is 11.6. The van der Waals surface area contributed by atoms with Gasteiger partial charge in [-0.2, -0.15) is 0 Å². The van der Waals surface area contributed by atoms with E-state index in [1.807, 2.05) is 30.3 Å². The van der Waals surface area contributed by atoms with Crippen LogP contribution in [-0.4, -0.2) is 30.9 Å². The molecule has 1 aliphatic rings. The highest BCUT2D eigenvalue weighted by Gasteiger charge is 2.28. The lowest BCUT2D eigenvalue weighted by Gasteiger charge is -2.35. The summed E-state index contributed by atoms with van der Waals surface area (Å²) in [6.07, 6.45) is 2.10. The number of ether oxygens (including phenoxy) is 1. The summed E-state index contributed by atoms with van der Waals surface area (Å²) in [7, 11) is 1.75. The minimum atomic E-state index is -0.414. The minimum Gasteiger partial charge on any atom is -0.387 e. The van der Waals surface area contributed by atoms with Crippen LogP contribution in [0.2, 0.25) is 0 Å². The Morgan fingerprint density at radius 3 is 2.69 bits per heavy atom. The molecule has 0 spiro atoms. The number of nitrogens with one attached hydrogen (secondary N) is 1. The second-order valence-electron chi connectivity index (χ2n) is 4.36. The van der Waals surface area contributed by atoms with Gasteiger partial charge in [-0.3, -0.25) is 0 Å². The zero-order valence-corrected chi connectivity index (χ0v) is 9.60. The molecule has 88 valence electrons. The molecule has 1 saturated carbocycles. The first-order valence-electron chi connectivity index (χ1n) is 5.78. The van der Waals surface area contributed by atoms with Crippen LogP contribution in [0.5, 0.6) is 0 Å². The number of benzene rings is 1. The first-order valence-corrected chi connectivity index (χ1v) is 5.78. The maximum atomic E-state index is 9.92. The van der Waals surface area contributed by atoms with E-state index in [2.05, 4.69) is 5.32 Å². The van der Waals surface area contributed by atoms with E-state index in [-0.39, 0.29) is 0 Å². The van der Waals surface area contributed by atoms with Crippen molar-refractivity contribution in [2.45, 2.75) is 31.1 Å². The number of aliphatic hydroxyl groups excluding tert-OH is 1. The Balaban J connectivity index is 1.71. The zero-order chi connectivity index (χ0) is 11.4. The summed E-state index contributed by atoms with van der Waals surface area (Å²) in [6, 6.07) is 10.3. The molecular weight excluding hydrogens is 202 g/mol. The standard InChI is InChI=1S/C13H19NO2/c1-16-12-7-11(8-12)14-9-13(15)10-5-3-2-4-6-10/h2-6,11-15H,7-9H2,1H3. The van der Waals surface area contributed by atoms with E-state index < -0.39 is 6.10 Å². The van der Waals surface area contributed by atoms with Crippen molar-refractivity contribution in [2.24, 2.45) is 0 Å². The van der Waals surface area contributed by atoms with E-state index in [1.165, 1.54) is 0 Å². The molecule has 0 radical (unpaired) electrons. The van der Waals surface area contributed by atoms with Crippen LogP contribution < -0.4 is 5.32 Å². The predicted molar refractivity (Wildman–Crippen MR) is 63.2 cm³/mol. The Labute approximate surface area is 96.4 Å². The summed E-state index contributed by atoms with van der Waals surface area (Å²) in [5, 5.41) is 13.3. The summed E-state index contributed by atoms with van der Waals surface area (Å²) in [5.41, 5.74) is 0.970. The molecule has 1 aromatic carbocycles. The molecule has 1 aromatic rings. The van der Waals surface area contributed by atoms with Gasteiger partial charge in [0.05, 0.1) is 12.2 Å². The van der Waals surface area contributed by atoms with Crippen LogP contribution in [-0.2, 0) is 4.74 Å². The molecular formula is C13H19NO2. The van der Waals surface area contributed by atoms with Crippen LogP contribution in [0, 0.1) is 0 Å². The van der Waals surface area contributed by atoms with Crippen molar-refractivity contribution in [2.75, 3.05) is 13.7 Å². The summed E-state index contributed by atoms with van der Waals surface area (Å²) in [6.45, 7) is 0.616. The number of aliphatic hydroxyl groups is 1. The van der Waals surface area contributed by atoms with E-state index in [4.69, 9.17) is 4.74 Å². The molecule has 3 nitrogen and oxygen atoms in total. The van der Waals surface area contributed by atoms with Gasteiger partial charge in [-0.15, -0.1) is 0 Å². The number of hydrogen-bond acceptors (Lipinski definition) is 3. The molecule has 0 aliphatic heterocycles. The van der Waals surface area contributed by atoms with Crippen LogP contribution >= 0.6 is 0 Å². The molecule has 1 unspecified atom stereocenters. The monoisotopic (exact) mass is 221 g/mol. The maximum absolute atomic E-state index is 9.92. The lowest BCUT2D eigenvalue weighted by atomic mass is 9.89. The van der Waals surface area contributed by atoms with Gasteiger partial charge in [0.15, 0.2) is 0 Å². The molecule has 0 heterocycles. The lowest BCUT2D eigenvalue weighted by molar-refractivity contribution is 0.0137. The highest BCUT2D eigenvalue weighted by atomic mass is 16.5. The maximum Gasteiger partial charge on any atom is 0.0914 e. The van der Waals surface area contributed by atoms with E-state index >= 15 is 0 Å². The van der Waals surface area contributed by atoms with Gasteiger partial charge in [0.1, 0.15) is 0 Å². The summed E-state index contributed by atoms with van der Waals surface area (Å²) in [4.78, 5) is 0. The molecule has 0 bridgehead atoms. The summed E-state index contributed by atoms with van der Waals surface area (Å²) < 4.78 is 5.21. The predicted octanol–water partition coefficient (Wildman–Crippen LogP) is 1.49. The van der Waals surface area contributed by atoms with Crippen molar-refractivity contribution < 1.29 is 9.84 Å². The van der Waals surface area contributed by atoms with Gasteiger partial charge < -0.3 is 15.2 Å². The van der Waals surface area contributed by atoms with Crippen LogP contribution in [0.4, 0.5) is 0 Å². The lowest BCUT2D eigenvalue weighted by Crippen LogP contribution is -2.46. The van der Waals surface area contributed by atoms with Crippen LogP contribution in [0.3, 0.4) is 0 Å². The minimum absolute atomic E-state index is 0.409. The molecule has 2 N–H and O–H groups in total. The molecule has 1 aliphatic carbocycles. The topological polar surface area (TPSA) is 41.5 Å². The second-order valence-corrected chi connectivity index (χ2v) is 4.36. The number of rotatable bonds is 5. The van der Waals surface area contributed by atoms with Crippen molar-refractivity contribution in [3.05, 3.63) is 35.9 Å². The van der Waals surface area contributed by atoms with Gasteiger partial charge in [0.2, 0.25) is 0 Å². The smallest absolute Gasteiger partial charge is 0.0914 e. The fourth-order valence-corrected chi connectivity index (χ4v) is 2.00. The fourth-order valence-electron chi connectivity index (χ4n) is 2.00. The quantitative estimate of drug-likeness (QED) is 0.791. The average Bonchev–Trinajstić information content (AvgIpc) is 2.28. The van der Waals surface area contributed by atoms with E-state index in [1.54, 1.807) is 7.11 Å². The molecule has 1 fully saturated rings. The van der Waals surface area contributed by atoms with E-state index in [0.29, 0.717) is 18.7 Å². The number of hydrogen-bond donors (Lipinski definition) is 2. The highest BCUT2D eigenvalue weighted by molar-refractivity contribution is 5.17. The molecule has 0 amide bonds.